The summed E-state index contributed by atoms with van der Waals surface area (Å²) in [6.45, 7) is 0. The largest absolute Gasteiger partial charge is 0.479 e. The number of thioether (sulfide) groups is 1. The standard InChI is InChI=1S/C16H14N4O2S2/c21-15(22)14-19-11-5-4-8-7-17-16(20-12(8)13(11)24-14)18-9-2-1-3-10(23)6-9/h1-3,6-7,14,19,23H,4-5H2,(H,21,22)(H,17,18,20)/p+1. The highest BCUT2D eigenvalue weighted by Crippen LogP contribution is 2.43. The minimum absolute atomic E-state index is 0.499. The van der Waals surface area contributed by atoms with Crippen molar-refractivity contribution in [1.82, 2.24) is 15.3 Å². The summed E-state index contributed by atoms with van der Waals surface area (Å²) >= 11 is 4.80. The summed E-state index contributed by atoms with van der Waals surface area (Å²) < 4.78 is 0. The third-order valence-corrected chi connectivity index (χ3v) is 5.42. The average molecular weight is 359 g/mol. The first-order valence-corrected chi connectivity index (χ1v) is 8.82. The van der Waals surface area contributed by atoms with Crippen LogP contribution in [0.3, 0.4) is 0 Å². The van der Waals surface area contributed by atoms with Crippen LogP contribution < -0.4 is 10.6 Å². The number of carboxylic acids is 1. The molecule has 2 aliphatic rings. The fraction of sp³-hybridized carbons (Fsp3) is 0.188. The molecule has 0 amide bonds. The molecule has 3 N–H and O–H groups in total. The van der Waals surface area contributed by atoms with Crippen LogP contribution >= 0.6 is 11.8 Å². The zero-order valence-electron chi connectivity index (χ0n) is 12.5. The van der Waals surface area contributed by atoms with Crippen molar-refractivity contribution >= 4 is 46.9 Å². The lowest BCUT2D eigenvalue weighted by Crippen LogP contribution is -2.29. The molecule has 1 atom stereocenters. The lowest BCUT2D eigenvalue weighted by Gasteiger charge is -2.17. The van der Waals surface area contributed by atoms with Crippen LogP contribution in [0, 0.1) is 0 Å². The smallest absolute Gasteiger partial charge is 0.337 e. The first kappa shape index (κ1) is 15.3. The number of aryl methyl sites for hydroxylation is 1. The Bertz CT molecular complexity index is 869. The molecule has 4 rings (SSSR count). The van der Waals surface area contributed by atoms with E-state index < -0.39 is 11.3 Å². The topological polar surface area (TPSA) is 87.1 Å². The van der Waals surface area contributed by atoms with Gasteiger partial charge in [0.15, 0.2) is 10.3 Å². The molecular formula is C16H15N4O2S2+. The van der Waals surface area contributed by atoms with Crippen LogP contribution in [0.5, 0.6) is 0 Å². The lowest BCUT2D eigenvalue weighted by atomic mass is 10.0. The Morgan fingerprint density at radius 2 is 2.29 bits per heavy atom. The summed E-state index contributed by atoms with van der Waals surface area (Å²) in [5, 5.41) is 14.8. The van der Waals surface area contributed by atoms with E-state index in [0.29, 0.717) is 5.95 Å². The average Bonchev–Trinajstić information content (AvgIpc) is 3.00. The first-order valence-electron chi connectivity index (χ1n) is 7.44. The predicted octanol–water partition coefficient (Wildman–Crippen LogP) is 1.95. The Kier molecular flexibility index (Phi) is 3.85. The number of anilines is 2. The van der Waals surface area contributed by atoms with Gasteiger partial charge in [0.05, 0.1) is 10.6 Å². The molecule has 0 bridgehead atoms. The monoisotopic (exact) mass is 359 g/mol. The van der Waals surface area contributed by atoms with Gasteiger partial charge in [-0.1, -0.05) is 17.8 Å². The number of fused-ring (bicyclic) bond motifs is 2. The summed E-state index contributed by atoms with van der Waals surface area (Å²) in [4.78, 5) is 22.1. The number of allylic oxidation sites excluding steroid dienone is 1. The highest BCUT2D eigenvalue weighted by molar-refractivity contribution is 8.09. The quantitative estimate of drug-likeness (QED) is 0.722. The van der Waals surface area contributed by atoms with Crippen LogP contribution in [0.2, 0.25) is 0 Å². The molecule has 6 nitrogen and oxygen atoms in total. The van der Waals surface area contributed by atoms with Gasteiger partial charge in [0.2, 0.25) is 5.95 Å². The van der Waals surface area contributed by atoms with Crippen LogP contribution in [-0.2, 0) is 23.8 Å². The van der Waals surface area contributed by atoms with Crippen LogP contribution in [-0.4, -0.2) is 26.4 Å². The Morgan fingerprint density at radius 1 is 1.42 bits per heavy atom. The van der Waals surface area contributed by atoms with E-state index in [0.717, 1.165) is 45.3 Å². The molecule has 1 aromatic carbocycles. The second-order valence-electron chi connectivity index (χ2n) is 5.56. The van der Waals surface area contributed by atoms with Gasteiger partial charge in [0.25, 0.3) is 0 Å². The molecule has 8 heteroatoms. The normalized spacial score (nSPS) is 18.6. The van der Waals surface area contributed by atoms with Crippen molar-refractivity contribution in [3.05, 3.63) is 47.4 Å². The molecule has 0 fully saturated rings. The van der Waals surface area contributed by atoms with E-state index in [1.807, 2.05) is 30.5 Å². The molecule has 2 aromatic rings. The predicted molar refractivity (Wildman–Crippen MR) is 97.6 cm³/mol. The molecule has 0 saturated carbocycles. The maximum atomic E-state index is 11.2. The van der Waals surface area contributed by atoms with Crippen LogP contribution in [0.15, 0.2) is 41.1 Å². The molecule has 1 aromatic heterocycles. The highest BCUT2D eigenvalue weighted by atomic mass is 32.2. The molecule has 122 valence electrons. The molecule has 1 aliphatic carbocycles. The maximum absolute atomic E-state index is 11.2. The van der Waals surface area contributed by atoms with Gasteiger partial charge in [0, 0.05) is 23.6 Å². The molecule has 0 spiro atoms. The number of aliphatic carboxylic acids is 1. The minimum atomic E-state index is -0.864. The van der Waals surface area contributed by atoms with E-state index in [4.69, 9.17) is 0 Å². The summed E-state index contributed by atoms with van der Waals surface area (Å²) in [7, 11) is 0. The molecule has 1 unspecified atom stereocenters. The van der Waals surface area contributed by atoms with E-state index in [1.165, 1.54) is 11.8 Å². The molecule has 0 radical (unpaired) electrons. The fourth-order valence-corrected chi connectivity index (χ4v) is 4.15. The van der Waals surface area contributed by atoms with Gasteiger partial charge in [-0.3, -0.25) is 0 Å². The van der Waals surface area contributed by atoms with E-state index in [9.17, 15) is 9.90 Å². The zero-order valence-corrected chi connectivity index (χ0v) is 14.4. The lowest BCUT2D eigenvalue weighted by molar-refractivity contribution is -0.136. The number of nitrogens with zero attached hydrogens (tertiary/aromatic N) is 2. The highest BCUT2D eigenvalue weighted by Gasteiger charge is 2.34. The van der Waals surface area contributed by atoms with Crippen LogP contribution in [0.4, 0.5) is 11.6 Å². The van der Waals surface area contributed by atoms with Crippen LogP contribution in [0.25, 0.3) is 4.91 Å². The van der Waals surface area contributed by atoms with E-state index in [1.54, 1.807) is 0 Å². The van der Waals surface area contributed by atoms with Crippen molar-refractivity contribution in [2.24, 2.45) is 0 Å². The van der Waals surface area contributed by atoms with Gasteiger partial charge < -0.3 is 15.7 Å². The van der Waals surface area contributed by atoms with Crippen molar-refractivity contribution in [2.75, 3.05) is 5.32 Å². The molecule has 2 heterocycles. The Balaban J connectivity index is 1.65. The van der Waals surface area contributed by atoms with E-state index in [2.05, 4.69) is 33.2 Å². The van der Waals surface area contributed by atoms with Crippen molar-refractivity contribution in [3.8, 4) is 0 Å². The number of carboxylic acid groups (broad SMARTS) is 1. The number of aromatic nitrogens is 2. The van der Waals surface area contributed by atoms with E-state index >= 15 is 0 Å². The number of carbonyl (C=O) groups is 1. The summed E-state index contributed by atoms with van der Waals surface area (Å²) in [5.74, 6) is -0.364. The SMILES string of the molecule is O=C(O)C1NC2=C(S1)c1nc(Nc3cccc([SH2+])c3)ncc1CC2. The zero-order chi connectivity index (χ0) is 16.7. The van der Waals surface area contributed by atoms with Gasteiger partial charge >= 0.3 is 5.97 Å². The number of hydrogen-bond acceptors (Lipinski definition) is 6. The number of rotatable bonds is 3. The van der Waals surface area contributed by atoms with Gasteiger partial charge in [-0.15, -0.1) is 0 Å². The fourth-order valence-electron chi connectivity index (χ4n) is 2.77. The third-order valence-electron chi connectivity index (χ3n) is 3.88. The van der Waals surface area contributed by atoms with Gasteiger partial charge in [-0.05, 0) is 43.2 Å². The molecule has 1 aliphatic heterocycles. The third kappa shape index (κ3) is 2.83. The second-order valence-corrected chi connectivity index (χ2v) is 7.25. The Morgan fingerprint density at radius 3 is 3.08 bits per heavy atom. The molecule has 24 heavy (non-hydrogen) atoms. The van der Waals surface area contributed by atoms with E-state index in [-0.39, 0.29) is 0 Å². The second kappa shape index (κ2) is 6.03. The van der Waals surface area contributed by atoms with Gasteiger partial charge in [0.1, 0.15) is 0 Å². The van der Waals surface area contributed by atoms with Gasteiger partial charge in [-0.25, -0.2) is 14.8 Å². The number of hydrogen-bond donors (Lipinski definition) is 3. The van der Waals surface area contributed by atoms with Crippen molar-refractivity contribution in [2.45, 2.75) is 23.1 Å². The van der Waals surface area contributed by atoms with Crippen LogP contribution in [0.1, 0.15) is 17.7 Å². The molecular weight excluding hydrogens is 344 g/mol. The van der Waals surface area contributed by atoms with Crippen molar-refractivity contribution < 1.29 is 9.90 Å². The van der Waals surface area contributed by atoms with Gasteiger partial charge in [-0.2, -0.15) is 0 Å². The first-order chi connectivity index (χ1) is 11.6. The minimum Gasteiger partial charge on any atom is -0.479 e. The molecule has 0 saturated heterocycles. The number of benzene rings is 1. The summed E-state index contributed by atoms with van der Waals surface area (Å²) in [6, 6.07) is 7.75. The van der Waals surface area contributed by atoms with Crippen molar-refractivity contribution in [3.63, 3.8) is 0 Å². The number of nitrogens with one attached hydrogen (secondary N) is 2. The summed E-state index contributed by atoms with van der Waals surface area (Å²) in [5.41, 5.74) is 3.72. The van der Waals surface area contributed by atoms with Crippen molar-refractivity contribution in [1.29, 1.82) is 0 Å². The Labute approximate surface area is 148 Å². The maximum Gasteiger partial charge on any atom is 0.337 e. The Hall–Kier alpha value is -2.19. The summed E-state index contributed by atoms with van der Waals surface area (Å²) in [6.07, 6.45) is 3.42.